The van der Waals surface area contributed by atoms with Crippen molar-refractivity contribution in [3.63, 3.8) is 0 Å². The topological polar surface area (TPSA) is 72.8 Å². The van der Waals surface area contributed by atoms with E-state index < -0.39 is 11.5 Å². The summed E-state index contributed by atoms with van der Waals surface area (Å²) in [7, 11) is 0. The Labute approximate surface area is 176 Å². The van der Waals surface area contributed by atoms with Crippen molar-refractivity contribution in [3.8, 4) is 0 Å². The van der Waals surface area contributed by atoms with E-state index in [1.165, 1.54) is 51.4 Å². The molecule has 0 aliphatic carbocycles. The Morgan fingerprint density at radius 2 is 1.64 bits per heavy atom. The van der Waals surface area contributed by atoms with Crippen molar-refractivity contribution < 1.29 is 15.0 Å². The van der Waals surface area contributed by atoms with Crippen LogP contribution in [0.15, 0.2) is 0 Å². The van der Waals surface area contributed by atoms with Crippen molar-refractivity contribution in [2.75, 3.05) is 19.7 Å². The minimum atomic E-state index is -1.13. The molecule has 1 aliphatic heterocycles. The Hall–Kier alpha value is 0.350. The molecule has 1 heterocycles. The van der Waals surface area contributed by atoms with Gasteiger partial charge in [-0.1, -0.05) is 71.6 Å². The molecule has 0 bridgehead atoms. The first kappa shape index (κ1) is 25.4. The number of unbranched alkanes of at least 4 members (excludes halogenated alkanes) is 8. The molecular formula is C19H39N2NaO3. The molecule has 1 saturated heterocycles. The van der Waals surface area contributed by atoms with Crippen molar-refractivity contribution in [1.82, 2.24) is 10.2 Å². The summed E-state index contributed by atoms with van der Waals surface area (Å²) in [6.45, 7) is 5.27. The Balaban J connectivity index is 0.00000576. The van der Waals surface area contributed by atoms with Gasteiger partial charge in [-0.15, -0.1) is 0 Å². The van der Waals surface area contributed by atoms with Gasteiger partial charge in [0, 0.05) is 13.1 Å². The van der Waals surface area contributed by atoms with E-state index in [1.54, 1.807) is 0 Å². The number of aliphatic hydroxyl groups excluding tert-OH is 1. The molecule has 0 aromatic heterocycles. The van der Waals surface area contributed by atoms with Gasteiger partial charge >= 0.3 is 35.5 Å². The van der Waals surface area contributed by atoms with Gasteiger partial charge in [0.05, 0.1) is 12.8 Å². The summed E-state index contributed by atoms with van der Waals surface area (Å²) in [5, 5.41) is 22.7. The summed E-state index contributed by atoms with van der Waals surface area (Å²) >= 11 is 0. The molecule has 0 saturated carbocycles. The molecule has 1 aliphatic rings. The van der Waals surface area contributed by atoms with Crippen LogP contribution in [-0.4, -0.2) is 82.0 Å². The van der Waals surface area contributed by atoms with Crippen molar-refractivity contribution in [3.05, 3.63) is 0 Å². The monoisotopic (exact) mass is 366 g/mol. The number of aliphatic carboxylic acids is 1. The number of hydrogen-bond acceptors (Lipinski definition) is 4. The van der Waals surface area contributed by atoms with Crippen molar-refractivity contribution in [2.24, 2.45) is 0 Å². The molecule has 1 rings (SSSR count). The van der Waals surface area contributed by atoms with E-state index in [0.717, 1.165) is 19.4 Å². The Morgan fingerprint density at radius 3 is 2.12 bits per heavy atom. The van der Waals surface area contributed by atoms with Gasteiger partial charge in [0.25, 0.3) is 0 Å². The van der Waals surface area contributed by atoms with Gasteiger partial charge in [-0.25, -0.2) is 0 Å². The maximum atomic E-state index is 11.7. The SMILES string of the molecule is CCCCCCCCCCCC1NCCN1C(CC)(CO)C(=O)O.[NaH]. The number of carboxylic acid groups (broad SMARTS) is 1. The van der Waals surface area contributed by atoms with Gasteiger partial charge in [-0.05, 0) is 12.8 Å². The van der Waals surface area contributed by atoms with E-state index in [4.69, 9.17) is 0 Å². The number of aliphatic hydroxyl groups is 1. The Bertz CT molecular complexity index is 352. The van der Waals surface area contributed by atoms with Gasteiger partial charge < -0.3 is 15.5 Å². The third kappa shape index (κ3) is 7.86. The van der Waals surface area contributed by atoms with E-state index in [1.807, 2.05) is 11.8 Å². The van der Waals surface area contributed by atoms with Crippen molar-refractivity contribution in [2.45, 2.75) is 96.2 Å². The summed E-state index contributed by atoms with van der Waals surface area (Å²) < 4.78 is 0. The third-order valence-corrected chi connectivity index (χ3v) is 5.48. The first-order chi connectivity index (χ1) is 11.6. The number of nitrogens with zero attached hydrogens (tertiary/aromatic N) is 1. The molecule has 25 heavy (non-hydrogen) atoms. The second-order valence-electron chi connectivity index (χ2n) is 7.13. The second-order valence-corrected chi connectivity index (χ2v) is 7.13. The molecule has 0 aromatic carbocycles. The van der Waals surface area contributed by atoms with Crippen LogP contribution in [0.1, 0.15) is 84.5 Å². The Kier molecular flexibility index (Phi) is 14.6. The molecule has 1 fully saturated rings. The molecule has 0 amide bonds. The molecule has 6 heteroatoms. The number of carboxylic acids is 1. The average molecular weight is 367 g/mol. The molecular weight excluding hydrogens is 327 g/mol. The van der Waals surface area contributed by atoms with Crippen LogP contribution in [0.5, 0.6) is 0 Å². The Morgan fingerprint density at radius 1 is 1.08 bits per heavy atom. The molecule has 0 aromatic rings. The minimum absolute atomic E-state index is 0. The fourth-order valence-corrected chi connectivity index (χ4v) is 3.78. The van der Waals surface area contributed by atoms with Crippen LogP contribution in [-0.2, 0) is 4.79 Å². The summed E-state index contributed by atoms with van der Waals surface area (Å²) in [5.74, 6) is -0.909. The first-order valence-corrected chi connectivity index (χ1v) is 9.96. The van der Waals surface area contributed by atoms with Gasteiger partial charge in [0.15, 0.2) is 0 Å². The van der Waals surface area contributed by atoms with Crippen LogP contribution in [0, 0.1) is 0 Å². The van der Waals surface area contributed by atoms with Crippen LogP contribution in [0.25, 0.3) is 0 Å². The van der Waals surface area contributed by atoms with Crippen LogP contribution in [0.3, 0.4) is 0 Å². The van der Waals surface area contributed by atoms with Crippen molar-refractivity contribution in [1.29, 1.82) is 0 Å². The number of carbonyl (C=O) groups is 1. The van der Waals surface area contributed by atoms with Gasteiger partial charge in [0.1, 0.15) is 5.54 Å². The predicted octanol–water partition coefficient (Wildman–Crippen LogP) is 2.72. The third-order valence-electron chi connectivity index (χ3n) is 5.48. The van der Waals surface area contributed by atoms with E-state index in [-0.39, 0.29) is 42.3 Å². The fraction of sp³-hybridized carbons (Fsp3) is 0.947. The summed E-state index contributed by atoms with van der Waals surface area (Å²) in [6, 6.07) is 0. The number of rotatable bonds is 14. The van der Waals surface area contributed by atoms with E-state index >= 15 is 0 Å². The molecule has 0 spiro atoms. The van der Waals surface area contributed by atoms with Crippen LogP contribution in [0.4, 0.5) is 0 Å². The number of hydrogen-bond donors (Lipinski definition) is 3. The second kappa shape index (κ2) is 14.4. The van der Waals surface area contributed by atoms with E-state index in [9.17, 15) is 15.0 Å². The average Bonchev–Trinajstić information content (AvgIpc) is 3.04. The summed E-state index contributed by atoms with van der Waals surface area (Å²) in [5.41, 5.74) is -1.13. The summed E-state index contributed by atoms with van der Waals surface area (Å²) in [4.78, 5) is 13.7. The first-order valence-electron chi connectivity index (χ1n) is 9.96. The normalized spacial score (nSPS) is 20.2. The molecule has 144 valence electrons. The molecule has 2 atom stereocenters. The van der Waals surface area contributed by atoms with E-state index in [2.05, 4.69) is 12.2 Å². The standard InChI is InChI=1S/C19H38N2O3.Na.H/c1-3-5-6-7-8-9-10-11-12-13-17-20-14-15-21(17)19(4-2,16-22)18(23)24;;/h17,20,22H,3-16H2,1-2H3,(H,23,24);;. The fourth-order valence-electron chi connectivity index (χ4n) is 3.78. The summed E-state index contributed by atoms with van der Waals surface area (Å²) in [6.07, 6.45) is 13.1. The predicted molar refractivity (Wildman–Crippen MR) is 105 cm³/mol. The molecule has 5 nitrogen and oxygen atoms in total. The number of nitrogens with one attached hydrogen (secondary N) is 1. The maximum absolute atomic E-state index is 11.7. The van der Waals surface area contributed by atoms with Crippen LogP contribution in [0.2, 0.25) is 0 Å². The zero-order chi connectivity index (χ0) is 17.8. The zero-order valence-electron chi connectivity index (χ0n) is 15.7. The zero-order valence-corrected chi connectivity index (χ0v) is 15.7. The van der Waals surface area contributed by atoms with Gasteiger partial charge in [-0.3, -0.25) is 9.69 Å². The van der Waals surface area contributed by atoms with Crippen molar-refractivity contribution >= 4 is 35.5 Å². The van der Waals surface area contributed by atoms with Crippen LogP contribution < -0.4 is 5.32 Å². The quantitative estimate of drug-likeness (QED) is 0.326. The van der Waals surface area contributed by atoms with Gasteiger partial charge in [-0.2, -0.15) is 0 Å². The van der Waals surface area contributed by atoms with Crippen LogP contribution >= 0.6 is 0 Å². The van der Waals surface area contributed by atoms with E-state index in [0.29, 0.717) is 13.0 Å². The molecule has 0 radical (unpaired) electrons. The molecule has 2 unspecified atom stereocenters. The molecule has 3 N–H and O–H groups in total. The van der Waals surface area contributed by atoms with Gasteiger partial charge in [0.2, 0.25) is 0 Å².